The van der Waals surface area contributed by atoms with E-state index in [1.807, 2.05) is 0 Å². The van der Waals surface area contributed by atoms with E-state index in [-0.39, 0.29) is 22.9 Å². The lowest BCUT2D eigenvalue weighted by molar-refractivity contribution is -0.163. The SMILES string of the molecule is CC(=O)O[C@H]1CC[C@H]2[C@@H]3CC[C@H]4CC(=O)C[C@H](c5ccccc5)[C@]4(C)[C@H]3CC[C@]12C. The van der Waals surface area contributed by atoms with Gasteiger partial charge in [-0.25, -0.2) is 0 Å². The van der Waals surface area contributed by atoms with Crippen LogP contribution in [0.15, 0.2) is 30.3 Å². The zero-order chi connectivity index (χ0) is 21.1. The minimum absolute atomic E-state index is 0.0873. The van der Waals surface area contributed by atoms with Crippen LogP contribution in [-0.2, 0) is 14.3 Å². The first kappa shape index (κ1) is 20.3. The van der Waals surface area contributed by atoms with Gasteiger partial charge in [0.1, 0.15) is 11.9 Å². The van der Waals surface area contributed by atoms with E-state index in [1.54, 1.807) is 6.92 Å². The van der Waals surface area contributed by atoms with Crippen molar-refractivity contribution in [3.63, 3.8) is 0 Å². The molecule has 4 fully saturated rings. The zero-order valence-electron chi connectivity index (χ0n) is 18.7. The molecule has 1 aromatic rings. The van der Waals surface area contributed by atoms with Crippen LogP contribution < -0.4 is 0 Å². The minimum Gasteiger partial charge on any atom is -0.462 e. The number of rotatable bonds is 2. The number of hydrogen-bond donors (Lipinski definition) is 0. The van der Waals surface area contributed by atoms with Crippen molar-refractivity contribution in [3.8, 4) is 0 Å². The summed E-state index contributed by atoms with van der Waals surface area (Å²) >= 11 is 0. The molecule has 0 bridgehead atoms. The quantitative estimate of drug-likeness (QED) is 0.570. The van der Waals surface area contributed by atoms with Crippen molar-refractivity contribution >= 4 is 11.8 Å². The molecule has 0 unspecified atom stereocenters. The molecule has 8 atom stereocenters. The zero-order valence-corrected chi connectivity index (χ0v) is 18.7. The van der Waals surface area contributed by atoms with E-state index in [9.17, 15) is 9.59 Å². The molecule has 4 aliphatic carbocycles. The third-order valence-electron chi connectivity index (χ3n) is 10.0. The van der Waals surface area contributed by atoms with Gasteiger partial charge in [-0.15, -0.1) is 0 Å². The van der Waals surface area contributed by atoms with Gasteiger partial charge in [0, 0.05) is 25.2 Å². The highest BCUT2D eigenvalue weighted by atomic mass is 16.5. The Balaban J connectivity index is 1.49. The van der Waals surface area contributed by atoms with Crippen LogP contribution in [0.1, 0.15) is 83.6 Å². The van der Waals surface area contributed by atoms with Crippen molar-refractivity contribution in [1.82, 2.24) is 0 Å². The van der Waals surface area contributed by atoms with E-state index in [2.05, 4.69) is 44.2 Å². The fraction of sp³-hybridized carbons (Fsp3) is 0.704. The molecule has 0 amide bonds. The Morgan fingerprint density at radius 2 is 1.73 bits per heavy atom. The number of carbonyl (C=O) groups is 2. The first-order chi connectivity index (χ1) is 14.3. The van der Waals surface area contributed by atoms with Crippen molar-refractivity contribution in [2.45, 2.75) is 84.2 Å². The summed E-state index contributed by atoms with van der Waals surface area (Å²) in [6.45, 7) is 6.47. The lowest BCUT2D eigenvalue weighted by Gasteiger charge is -2.62. The molecule has 0 radical (unpaired) electrons. The number of benzene rings is 1. The molecule has 0 N–H and O–H groups in total. The van der Waals surface area contributed by atoms with E-state index in [0.29, 0.717) is 41.8 Å². The van der Waals surface area contributed by atoms with Crippen LogP contribution >= 0.6 is 0 Å². The van der Waals surface area contributed by atoms with Crippen LogP contribution in [0.3, 0.4) is 0 Å². The van der Waals surface area contributed by atoms with Gasteiger partial charge in [0.15, 0.2) is 0 Å². The maximum absolute atomic E-state index is 12.7. The summed E-state index contributed by atoms with van der Waals surface area (Å²) in [5.74, 6) is 3.20. The summed E-state index contributed by atoms with van der Waals surface area (Å²) < 4.78 is 5.82. The molecule has 0 aliphatic heterocycles. The molecule has 30 heavy (non-hydrogen) atoms. The highest BCUT2D eigenvalue weighted by Gasteiger charge is 2.63. The second-order valence-electron chi connectivity index (χ2n) is 11.1. The fourth-order valence-electron chi connectivity index (χ4n) is 8.65. The maximum atomic E-state index is 12.7. The van der Waals surface area contributed by atoms with E-state index in [1.165, 1.54) is 31.2 Å². The number of ether oxygens (including phenoxy) is 1. The van der Waals surface area contributed by atoms with Gasteiger partial charge in [-0.3, -0.25) is 9.59 Å². The van der Waals surface area contributed by atoms with Gasteiger partial charge in [-0.05, 0) is 79.1 Å². The molecule has 1 aromatic carbocycles. The van der Waals surface area contributed by atoms with Gasteiger partial charge >= 0.3 is 5.97 Å². The van der Waals surface area contributed by atoms with Crippen LogP contribution in [0.4, 0.5) is 0 Å². The number of Topliss-reactive ketones (excluding diaryl/α,β-unsaturated/α-hetero) is 1. The molecule has 0 spiro atoms. The van der Waals surface area contributed by atoms with Crippen LogP contribution in [0, 0.1) is 34.5 Å². The molecule has 0 heterocycles. The summed E-state index contributed by atoms with van der Waals surface area (Å²) in [5, 5.41) is 0. The molecule has 162 valence electrons. The second kappa shape index (κ2) is 7.21. The van der Waals surface area contributed by atoms with Gasteiger partial charge in [-0.2, -0.15) is 0 Å². The van der Waals surface area contributed by atoms with E-state index in [4.69, 9.17) is 4.74 Å². The smallest absolute Gasteiger partial charge is 0.302 e. The van der Waals surface area contributed by atoms with E-state index in [0.717, 1.165) is 19.3 Å². The van der Waals surface area contributed by atoms with Gasteiger partial charge in [0.05, 0.1) is 0 Å². The summed E-state index contributed by atoms with van der Waals surface area (Å²) in [6.07, 6.45) is 8.55. The molecule has 3 nitrogen and oxygen atoms in total. The maximum Gasteiger partial charge on any atom is 0.302 e. The monoisotopic (exact) mass is 408 g/mol. The van der Waals surface area contributed by atoms with Gasteiger partial charge in [-0.1, -0.05) is 44.2 Å². The first-order valence-corrected chi connectivity index (χ1v) is 12.1. The van der Waals surface area contributed by atoms with Crippen molar-refractivity contribution in [3.05, 3.63) is 35.9 Å². The average Bonchev–Trinajstić information content (AvgIpc) is 3.04. The number of hydrogen-bond acceptors (Lipinski definition) is 3. The van der Waals surface area contributed by atoms with Crippen LogP contribution in [0.2, 0.25) is 0 Å². The predicted octanol–water partition coefficient (Wildman–Crippen LogP) is 5.92. The molecule has 4 saturated carbocycles. The van der Waals surface area contributed by atoms with Gasteiger partial charge in [0.2, 0.25) is 0 Å². The Kier molecular flexibility index (Phi) is 4.87. The Hall–Kier alpha value is -1.64. The Bertz CT molecular complexity index is 832. The third-order valence-corrected chi connectivity index (χ3v) is 10.0. The molecule has 0 aromatic heterocycles. The predicted molar refractivity (Wildman–Crippen MR) is 117 cm³/mol. The van der Waals surface area contributed by atoms with Crippen molar-refractivity contribution in [2.24, 2.45) is 34.5 Å². The highest BCUT2D eigenvalue weighted by Crippen LogP contribution is 2.68. The van der Waals surface area contributed by atoms with Crippen LogP contribution in [0.5, 0.6) is 0 Å². The van der Waals surface area contributed by atoms with Gasteiger partial charge in [0.25, 0.3) is 0 Å². The Labute approximate surface area is 181 Å². The topological polar surface area (TPSA) is 43.4 Å². The molecule has 4 aliphatic rings. The van der Waals surface area contributed by atoms with Crippen LogP contribution in [0.25, 0.3) is 0 Å². The normalized spacial score (nSPS) is 45.2. The van der Waals surface area contributed by atoms with E-state index >= 15 is 0 Å². The molecular formula is C27H36O3. The summed E-state index contributed by atoms with van der Waals surface area (Å²) in [6, 6.07) is 10.8. The van der Waals surface area contributed by atoms with E-state index < -0.39 is 0 Å². The molecule has 5 rings (SSSR count). The lowest BCUT2D eigenvalue weighted by Crippen LogP contribution is -2.56. The number of carbonyl (C=O) groups excluding carboxylic acids is 2. The minimum atomic E-state index is -0.130. The van der Waals surface area contributed by atoms with Gasteiger partial charge < -0.3 is 4.74 Å². The summed E-state index contributed by atoms with van der Waals surface area (Å²) in [7, 11) is 0. The highest BCUT2D eigenvalue weighted by molar-refractivity contribution is 5.81. The number of fused-ring (bicyclic) bond motifs is 5. The summed E-state index contributed by atoms with van der Waals surface area (Å²) in [4.78, 5) is 24.4. The van der Waals surface area contributed by atoms with Crippen molar-refractivity contribution in [2.75, 3.05) is 0 Å². The molecule has 0 saturated heterocycles. The van der Waals surface area contributed by atoms with Crippen molar-refractivity contribution < 1.29 is 14.3 Å². The largest absolute Gasteiger partial charge is 0.462 e. The first-order valence-electron chi connectivity index (χ1n) is 12.1. The Morgan fingerprint density at radius 1 is 0.967 bits per heavy atom. The second-order valence-corrected chi connectivity index (χ2v) is 11.1. The third kappa shape index (κ3) is 2.91. The number of ketones is 1. The number of esters is 1. The summed E-state index contributed by atoms with van der Waals surface area (Å²) in [5.41, 5.74) is 1.68. The average molecular weight is 409 g/mol. The van der Waals surface area contributed by atoms with Crippen LogP contribution in [-0.4, -0.2) is 17.9 Å². The standard InChI is InChI=1S/C27H36O3/c1-17(28)30-25-12-11-22-21-10-9-19-15-20(29)16-24(18-7-5-4-6-8-18)27(19,3)23(21)13-14-26(22,25)2/h4-8,19,21-25H,9-16H2,1-3H3/t19-,21-,22-,23-,24+,25-,26-,27-/m0/s1. The lowest BCUT2D eigenvalue weighted by atomic mass is 9.42. The molecule has 3 heteroatoms. The molecular weight excluding hydrogens is 372 g/mol. The fourth-order valence-corrected chi connectivity index (χ4v) is 8.65. The Morgan fingerprint density at radius 3 is 2.47 bits per heavy atom. The van der Waals surface area contributed by atoms with Crippen molar-refractivity contribution in [1.29, 1.82) is 0 Å².